The van der Waals surface area contributed by atoms with Crippen LogP contribution >= 0.6 is 0 Å². The lowest BCUT2D eigenvalue weighted by Gasteiger charge is -2.14. The van der Waals surface area contributed by atoms with Gasteiger partial charge in [0.15, 0.2) is 11.4 Å². The van der Waals surface area contributed by atoms with Crippen molar-refractivity contribution in [2.24, 2.45) is 0 Å². The second-order valence-corrected chi connectivity index (χ2v) is 13.7. The summed E-state index contributed by atoms with van der Waals surface area (Å²) in [4.78, 5) is 10.1. The Kier molecular flexibility index (Phi) is 6.55. The number of aromatic nitrogens is 2. The van der Waals surface area contributed by atoms with Crippen LogP contribution in [0, 0.1) is 0 Å². The zero-order chi connectivity index (χ0) is 34.9. The summed E-state index contributed by atoms with van der Waals surface area (Å²) in [7, 11) is 0. The van der Waals surface area contributed by atoms with Gasteiger partial charge in [0.25, 0.3) is 0 Å². The molecule has 0 unspecified atom stereocenters. The van der Waals surface area contributed by atoms with Crippen molar-refractivity contribution in [3.63, 3.8) is 0 Å². The number of nitrogens with zero attached hydrogens (tertiary/aromatic N) is 2. The molecule has 0 aliphatic heterocycles. The Balaban J connectivity index is 1.08. The third kappa shape index (κ3) is 4.68. The first-order valence-electron chi connectivity index (χ1n) is 18.0. The third-order valence-corrected chi connectivity index (χ3v) is 10.7. The molecule has 11 aromatic rings. The van der Waals surface area contributed by atoms with Gasteiger partial charge in [0, 0.05) is 16.5 Å². The summed E-state index contributed by atoms with van der Waals surface area (Å²) in [6, 6.07) is 64.6. The van der Waals surface area contributed by atoms with Crippen LogP contribution in [0.3, 0.4) is 0 Å². The minimum absolute atomic E-state index is 0.681. The Labute approximate surface area is 305 Å². The molecule has 246 valence electrons. The maximum atomic E-state index is 6.68. The van der Waals surface area contributed by atoms with Crippen LogP contribution in [0.4, 0.5) is 0 Å². The Bertz CT molecular complexity index is 3180. The van der Waals surface area contributed by atoms with Crippen molar-refractivity contribution in [3.05, 3.63) is 182 Å². The van der Waals surface area contributed by atoms with Crippen LogP contribution in [0.15, 0.2) is 186 Å². The first kappa shape index (κ1) is 29.6. The number of furan rings is 1. The van der Waals surface area contributed by atoms with Crippen LogP contribution < -0.4 is 0 Å². The van der Waals surface area contributed by atoms with E-state index >= 15 is 0 Å². The van der Waals surface area contributed by atoms with Gasteiger partial charge in [0.05, 0.1) is 0 Å². The van der Waals surface area contributed by atoms with Crippen molar-refractivity contribution in [2.45, 2.75) is 0 Å². The predicted octanol–water partition coefficient (Wildman–Crippen LogP) is 13.7. The van der Waals surface area contributed by atoms with Crippen LogP contribution in [0.2, 0.25) is 0 Å². The Morgan fingerprint density at radius 3 is 1.43 bits per heavy atom. The number of fused-ring (bicyclic) bond motifs is 10. The lowest BCUT2D eigenvalue weighted by atomic mass is 9.89. The summed E-state index contributed by atoms with van der Waals surface area (Å²) in [5.74, 6) is 0.681. The summed E-state index contributed by atoms with van der Waals surface area (Å²) >= 11 is 0. The first-order chi connectivity index (χ1) is 26.3. The highest BCUT2D eigenvalue weighted by Crippen LogP contribution is 2.42. The third-order valence-electron chi connectivity index (χ3n) is 10.7. The van der Waals surface area contributed by atoms with Crippen molar-refractivity contribution in [3.8, 4) is 44.9 Å². The quantitative estimate of drug-likeness (QED) is 0.174. The summed E-state index contributed by atoms with van der Waals surface area (Å²) in [6.07, 6.45) is 0. The molecule has 0 fully saturated rings. The van der Waals surface area contributed by atoms with Crippen LogP contribution in [0.5, 0.6) is 0 Å². The standard InChI is InChI=1S/C50H30N2O/c1-3-13-31(14-4-1)47-49-48(52-50(51-47)32-15-5-2-6-16-32)44-28-26-34(30-46(44)53-49)36-22-12-23-37-35(21-11-24-38(36)37)33-25-27-43-41-19-8-7-17-39(41)40-18-9-10-20-42(40)45(43)29-33/h1-30H. The average Bonchev–Trinajstić information content (AvgIpc) is 3.61. The van der Waals surface area contributed by atoms with Crippen LogP contribution in [-0.4, -0.2) is 9.97 Å². The van der Waals surface area contributed by atoms with Gasteiger partial charge in [0.2, 0.25) is 0 Å². The molecule has 11 rings (SSSR count). The molecular weight excluding hydrogens is 645 g/mol. The van der Waals surface area contributed by atoms with Gasteiger partial charge in [-0.05, 0) is 83.5 Å². The molecular formula is C50H30N2O. The molecule has 0 N–H and O–H groups in total. The van der Waals surface area contributed by atoms with Crippen LogP contribution in [-0.2, 0) is 0 Å². The molecule has 2 heterocycles. The number of hydrogen-bond donors (Lipinski definition) is 0. The van der Waals surface area contributed by atoms with Gasteiger partial charge in [0.1, 0.15) is 16.8 Å². The lowest BCUT2D eigenvalue weighted by molar-refractivity contribution is 0.667. The molecule has 0 aliphatic rings. The predicted molar refractivity (Wildman–Crippen MR) is 221 cm³/mol. The summed E-state index contributed by atoms with van der Waals surface area (Å²) in [5.41, 5.74) is 9.71. The number of hydrogen-bond acceptors (Lipinski definition) is 3. The molecule has 0 saturated carbocycles. The van der Waals surface area contributed by atoms with E-state index < -0.39 is 0 Å². The molecule has 0 atom stereocenters. The van der Waals surface area contributed by atoms with E-state index in [-0.39, 0.29) is 0 Å². The van der Waals surface area contributed by atoms with E-state index in [1.165, 1.54) is 54.2 Å². The van der Waals surface area contributed by atoms with Gasteiger partial charge in [-0.2, -0.15) is 0 Å². The molecule has 3 nitrogen and oxygen atoms in total. The van der Waals surface area contributed by atoms with Crippen molar-refractivity contribution >= 4 is 65.2 Å². The van der Waals surface area contributed by atoms with Gasteiger partial charge in [-0.15, -0.1) is 0 Å². The van der Waals surface area contributed by atoms with Crippen molar-refractivity contribution in [1.29, 1.82) is 0 Å². The Morgan fingerprint density at radius 1 is 0.321 bits per heavy atom. The molecule has 0 spiro atoms. The van der Waals surface area contributed by atoms with E-state index in [0.717, 1.165) is 44.4 Å². The SMILES string of the molecule is c1ccc(-c2nc(-c3ccccc3)c3oc4cc(-c5cccc6c(-c7ccc8c9ccccc9c9ccccc9c8c7)cccc56)ccc4c3n2)cc1. The van der Waals surface area contributed by atoms with Crippen molar-refractivity contribution < 1.29 is 4.42 Å². The first-order valence-corrected chi connectivity index (χ1v) is 18.0. The molecule has 0 aliphatic carbocycles. The van der Waals surface area contributed by atoms with Crippen LogP contribution in [0.1, 0.15) is 0 Å². The normalized spacial score (nSPS) is 11.8. The minimum atomic E-state index is 0.681. The molecule has 3 heteroatoms. The largest absolute Gasteiger partial charge is 0.452 e. The molecule has 53 heavy (non-hydrogen) atoms. The van der Waals surface area contributed by atoms with E-state index in [4.69, 9.17) is 14.4 Å². The van der Waals surface area contributed by atoms with Gasteiger partial charge in [-0.25, -0.2) is 9.97 Å². The van der Waals surface area contributed by atoms with Gasteiger partial charge in [-0.3, -0.25) is 0 Å². The molecule has 0 saturated heterocycles. The molecule has 0 radical (unpaired) electrons. The van der Waals surface area contributed by atoms with Crippen molar-refractivity contribution in [2.75, 3.05) is 0 Å². The highest BCUT2D eigenvalue weighted by molar-refractivity contribution is 6.26. The number of rotatable bonds is 4. The van der Waals surface area contributed by atoms with E-state index in [9.17, 15) is 0 Å². The second-order valence-electron chi connectivity index (χ2n) is 13.7. The smallest absolute Gasteiger partial charge is 0.180 e. The molecule has 9 aromatic carbocycles. The summed E-state index contributed by atoms with van der Waals surface area (Å²) in [5, 5.41) is 11.1. The fraction of sp³-hybridized carbons (Fsp3) is 0. The van der Waals surface area contributed by atoms with E-state index in [0.29, 0.717) is 11.4 Å². The fourth-order valence-corrected chi connectivity index (χ4v) is 8.21. The van der Waals surface area contributed by atoms with Gasteiger partial charge in [-0.1, -0.05) is 164 Å². The zero-order valence-electron chi connectivity index (χ0n) is 28.6. The van der Waals surface area contributed by atoms with E-state index in [1.807, 2.05) is 48.5 Å². The van der Waals surface area contributed by atoms with Gasteiger partial charge >= 0.3 is 0 Å². The van der Waals surface area contributed by atoms with E-state index in [2.05, 4.69) is 133 Å². The monoisotopic (exact) mass is 674 g/mol. The zero-order valence-corrected chi connectivity index (χ0v) is 28.6. The highest BCUT2D eigenvalue weighted by atomic mass is 16.3. The maximum Gasteiger partial charge on any atom is 0.180 e. The minimum Gasteiger partial charge on any atom is -0.452 e. The number of benzene rings is 9. The summed E-state index contributed by atoms with van der Waals surface area (Å²) < 4.78 is 6.68. The lowest BCUT2D eigenvalue weighted by Crippen LogP contribution is -1.93. The molecule has 2 aromatic heterocycles. The van der Waals surface area contributed by atoms with Gasteiger partial charge < -0.3 is 4.42 Å². The average molecular weight is 675 g/mol. The van der Waals surface area contributed by atoms with Crippen LogP contribution in [0.25, 0.3) is 110 Å². The highest BCUT2D eigenvalue weighted by Gasteiger charge is 2.19. The maximum absolute atomic E-state index is 6.68. The fourth-order valence-electron chi connectivity index (χ4n) is 8.21. The molecule has 0 bridgehead atoms. The second kappa shape index (κ2) is 11.7. The summed E-state index contributed by atoms with van der Waals surface area (Å²) in [6.45, 7) is 0. The van der Waals surface area contributed by atoms with E-state index in [1.54, 1.807) is 0 Å². The topological polar surface area (TPSA) is 38.9 Å². The Morgan fingerprint density at radius 2 is 0.811 bits per heavy atom. The molecule has 0 amide bonds. The van der Waals surface area contributed by atoms with Crippen molar-refractivity contribution in [1.82, 2.24) is 9.97 Å². The Hall–Kier alpha value is -7.10.